The van der Waals surface area contributed by atoms with E-state index in [0.29, 0.717) is 43.7 Å². The number of urea groups is 1. The van der Waals surface area contributed by atoms with Crippen LogP contribution >= 0.6 is 0 Å². The maximum absolute atomic E-state index is 14.0. The number of piperidine rings is 1. The molecule has 3 heterocycles. The molecule has 0 unspecified atom stereocenters. The highest BCUT2D eigenvalue weighted by atomic mass is 16.5. The summed E-state index contributed by atoms with van der Waals surface area (Å²) in [6, 6.07) is 18.7. The molecule has 3 amide bonds. The summed E-state index contributed by atoms with van der Waals surface area (Å²) in [6.07, 6.45) is 3.24. The van der Waals surface area contributed by atoms with Crippen molar-refractivity contribution in [1.29, 1.82) is 0 Å². The maximum atomic E-state index is 14.0. The van der Waals surface area contributed by atoms with Crippen LogP contribution in [0, 0.1) is 0 Å². The quantitative estimate of drug-likeness (QED) is 0.568. The van der Waals surface area contributed by atoms with Crippen molar-refractivity contribution in [1.82, 2.24) is 14.4 Å². The number of hydrogen-bond acceptors (Lipinski definition) is 4. The number of benzene rings is 2. The Morgan fingerprint density at radius 3 is 2.40 bits per heavy atom. The number of rotatable bonds is 2. The van der Waals surface area contributed by atoms with Gasteiger partial charge in [0.25, 0.3) is 0 Å². The zero-order chi connectivity index (χ0) is 24.6. The predicted molar refractivity (Wildman–Crippen MR) is 131 cm³/mol. The van der Waals surface area contributed by atoms with Gasteiger partial charge in [0.15, 0.2) is 0 Å². The van der Waals surface area contributed by atoms with Crippen LogP contribution in [0.4, 0.5) is 10.5 Å². The van der Waals surface area contributed by atoms with Crippen molar-refractivity contribution in [3.05, 3.63) is 83.7 Å². The van der Waals surface area contributed by atoms with Crippen molar-refractivity contribution in [2.45, 2.75) is 31.8 Å². The SMILES string of the molecule is COC(=O)c1ccccc1NC(=O)N1Cc2ccccc2-n2cccc2C12CCN(C(C)=O)CC2. The van der Waals surface area contributed by atoms with Gasteiger partial charge in [-0.1, -0.05) is 30.3 Å². The number of carbonyl (C=O) groups excluding carboxylic acids is 3. The van der Waals surface area contributed by atoms with Gasteiger partial charge in [0.1, 0.15) is 0 Å². The number of hydrogen-bond donors (Lipinski definition) is 1. The number of methoxy groups -OCH3 is 1. The van der Waals surface area contributed by atoms with Gasteiger partial charge in [-0.2, -0.15) is 0 Å². The Bertz CT molecular complexity index is 1290. The number of amides is 3. The highest BCUT2D eigenvalue weighted by Gasteiger charge is 2.47. The van der Waals surface area contributed by atoms with E-state index < -0.39 is 11.5 Å². The number of fused-ring (bicyclic) bond motifs is 4. The van der Waals surface area contributed by atoms with Gasteiger partial charge in [0.05, 0.1) is 36.1 Å². The molecule has 3 aromatic rings. The molecular weight excluding hydrogens is 444 g/mol. The molecule has 180 valence electrons. The van der Waals surface area contributed by atoms with Gasteiger partial charge in [-0.05, 0) is 48.7 Å². The van der Waals surface area contributed by atoms with Crippen LogP contribution in [0.15, 0.2) is 66.9 Å². The molecule has 0 radical (unpaired) electrons. The molecule has 0 aliphatic carbocycles. The smallest absolute Gasteiger partial charge is 0.339 e. The zero-order valence-electron chi connectivity index (χ0n) is 19.9. The molecule has 2 aliphatic heterocycles. The van der Waals surface area contributed by atoms with Crippen LogP contribution in [0.5, 0.6) is 0 Å². The fraction of sp³-hybridized carbons (Fsp3) is 0.296. The molecule has 0 saturated carbocycles. The lowest BCUT2D eigenvalue weighted by Crippen LogP contribution is -2.56. The maximum Gasteiger partial charge on any atom is 0.339 e. The summed E-state index contributed by atoms with van der Waals surface area (Å²) >= 11 is 0. The Labute approximate surface area is 204 Å². The van der Waals surface area contributed by atoms with Gasteiger partial charge in [-0.3, -0.25) is 4.79 Å². The summed E-state index contributed by atoms with van der Waals surface area (Å²) in [5.41, 5.74) is 3.13. The predicted octanol–water partition coefficient (Wildman–Crippen LogP) is 4.15. The summed E-state index contributed by atoms with van der Waals surface area (Å²) in [4.78, 5) is 42.1. The van der Waals surface area contributed by atoms with Crippen LogP contribution in [0.25, 0.3) is 5.69 Å². The molecule has 1 saturated heterocycles. The fourth-order valence-corrected chi connectivity index (χ4v) is 5.36. The summed E-state index contributed by atoms with van der Waals surface area (Å²) in [6.45, 7) is 3.08. The van der Waals surface area contributed by atoms with E-state index in [-0.39, 0.29) is 11.9 Å². The standard InChI is InChI=1S/C27H28N4O4/c1-19(32)29-16-13-27(14-17-29)24-12-7-15-30(24)23-11-6-3-8-20(23)18-31(27)26(34)28-22-10-5-4-9-21(22)25(33)35-2/h3-12,15H,13-14,16-18H2,1-2H3,(H,28,34). The van der Waals surface area contributed by atoms with Gasteiger partial charge in [-0.15, -0.1) is 0 Å². The Morgan fingerprint density at radius 2 is 1.66 bits per heavy atom. The van der Waals surface area contributed by atoms with Crippen LogP contribution in [0.3, 0.4) is 0 Å². The van der Waals surface area contributed by atoms with E-state index in [0.717, 1.165) is 16.9 Å². The molecule has 1 aromatic heterocycles. The van der Waals surface area contributed by atoms with E-state index in [1.54, 1.807) is 31.2 Å². The molecule has 8 heteroatoms. The minimum atomic E-state index is -0.626. The van der Waals surface area contributed by atoms with Crippen LogP contribution in [-0.4, -0.2) is 52.5 Å². The van der Waals surface area contributed by atoms with E-state index in [1.165, 1.54) is 7.11 Å². The van der Waals surface area contributed by atoms with Gasteiger partial charge in [0.2, 0.25) is 5.91 Å². The van der Waals surface area contributed by atoms with Gasteiger partial charge < -0.3 is 24.4 Å². The summed E-state index contributed by atoms with van der Waals surface area (Å²) in [5.74, 6) is -0.476. The van der Waals surface area contributed by atoms with Crippen LogP contribution in [0.2, 0.25) is 0 Å². The molecule has 2 aliphatic rings. The molecule has 35 heavy (non-hydrogen) atoms. The first kappa shape index (κ1) is 22.7. The van der Waals surface area contributed by atoms with Crippen molar-refractivity contribution in [2.24, 2.45) is 0 Å². The van der Waals surface area contributed by atoms with Gasteiger partial charge in [0, 0.05) is 31.9 Å². The molecule has 2 aromatic carbocycles. The largest absolute Gasteiger partial charge is 0.465 e. The van der Waals surface area contributed by atoms with Crippen LogP contribution < -0.4 is 5.32 Å². The molecule has 1 fully saturated rings. The van der Waals surface area contributed by atoms with Crippen LogP contribution in [0.1, 0.15) is 41.4 Å². The number of likely N-dealkylation sites (tertiary alicyclic amines) is 1. The number of aromatic nitrogens is 1. The van der Waals surface area contributed by atoms with Crippen molar-refractivity contribution >= 4 is 23.6 Å². The summed E-state index contributed by atoms with van der Waals surface area (Å²) in [5, 5.41) is 2.98. The normalized spacial score (nSPS) is 16.2. The Kier molecular flexibility index (Phi) is 5.80. The number of carbonyl (C=O) groups is 3. The van der Waals surface area contributed by atoms with Crippen molar-refractivity contribution in [2.75, 3.05) is 25.5 Å². The number of para-hydroxylation sites is 2. The minimum Gasteiger partial charge on any atom is -0.465 e. The van der Waals surface area contributed by atoms with E-state index in [1.807, 2.05) is 40.3 Å². The first-order valence-corrected chi connectivity index (χ1v) is 11.7. The minimum absolute atomic E-state index is 0.0372. The first-order valence-electron chi connectivity index (χ1n) is 11.7. The summed E-state index contributed by atoms with van der Waals surface area (Å²) in [7, 11) is 1.32. The Hall–Kier alpha value is -4.07. The molecule has 0 bridgehead atoms. The topological polar surface area (TPSA) is 83.9 Å². The number of nitrogens with zero attached hydrogens (tertiary/aromatic N) is 3. The Morgan fingerprint density at radius 1 is 0.943 bits per heavy atom. The van der Waals surface area contributed by atoms with E-state index >= 15 is 0 Å². The highest BCUT2D eigenvalue weighted by Crippen LogP contribution is 2.44. The second kappa shape index (κ2) is 8.94. The molecule has 1 N–H and O–H groups in total. The molecule has 5 rings (SSSR count). The number of esters is 1. The third kappa shape index (κ3) is 3.84. The molecule has 1 spiro atoms. The van der Waals surface area contributed by atoms with Gasteiger partial charge in [-0.25, -0.2) is 9.59 Å². The average Bonchev–Trinajstić information content (AvgIpc) is 3.34. The zero-order valence-corrected chi connectivity index (χ0v) is 19.9. The van der Waals surface area contributed by atoms with Crippen molar-refractivity contribution in [3.63, 3.8) is 0 Å². The van der Waals surface area contributed by atoms with Crippen molar-refractivity contribution in [3.8, 4) is 5.69 Å². The number of ether oxygens (including phenoxy) is 1. The number of anilines is 1. The van der Waals surface area contributed by atoms with Crippen LogP contribution in [-0.2, 0) is 21.6 Å². The van der Waals surface area contributed by atoms with E-state index in [9.17, 15) is 14.4 Å². The number of nitrogens with one attached hydrogen (secondary N) is 1. The third-order valence-corrected chi connectivity index (χ3v) is 7.18. The molecule has 8 nitrogen and oxygen atoms in total. The first-order chi connectivity index (χ1) is 16.9. The lowest BCUT2D eigenvalue weighted by Gasteiger charge is -2.48. The second-order valence-electron chi connectivity index (χ2n) is 8.98. The highest BCUT2D eigenvalue weighted by molar-refractivity contribution is 6.01. The van der Waals surface area contributed by atoms with Gasteiger partial charge >= 0.3 is 12.0 Å². The van der Waals surface area contributed by atoms with Crippen molar-refractivity contribution < 1.29 is 19.1 Å². The third-order valence-electron chi connectivity index (χ3n) is 7.18. The molecule has 0 atom stereocenters. The lowest BCUT2D eigenvalue weighted by molar-refractivity contribution is -0.131. The molecular formula is C27H28N4O4. The van der Waals surface area contributed by atoms with E-state index in [4.69, 9.17) is 4.74 Å². The average molecular weight is 473 g/mol. The summed E-state index contributed by atoms with van der Waals surface area (Å²) < 4.78 is 7.07. The second-order valence-corrected chi connectivity index (χ2v) is 8.98. The Balaban J connectivity index is 1.59. The monoisotopic (exact) mass is 472 g/mol. The fourth-order valence-electron chi connectivity index (χ4n) is 5.36. The van der Waals surface area contributed by atoms with E-state index in [2.05, 4.69) is 22.0 Å². The lowest BCUT2D eigenvalue weighted by atomic mass is 9.82.